The van der Waals surface area contributed by atoms with Gasteiger partial charge in [-0.3, -0.25) is 4.79 Å². The first-order valence-electron chi connectivity index (χ1n) is 4.33. The third-order valence-corrected chi connectivity index (χ3v) is 2.14. The molecule has 2 rings (SSSR count). The van der Waals surface area contributed by atoms with Crippen LogP contribution >= 0.6 is 0 Å². The van der Waals surface area contributed by atoms with Crippen LogP contribution in [0.4, 0.5) is 5.69 Å². The number of nitrogens with two attached hydrogens (primary N) is 1. The smallest absolute Gasteiger partial charge is 0.166 e. The first kappa shape index (κ1) is 8.10. The standard InChI is InChI=1S/C10H11NO2/c11-8-4-1-3-7-9(12)5-2-6-13-10(7)8/h1,3-4H,2,5-6,11H2. The van der Waals surface area contributed by atoms with Crippen LogP contribution in [0.2, 0.25) is 0 Å². The van der Waals surface area contributed by atoms with E-state index in [1.54, 1.807) is 18.2 Å². The van der Waals surface area contributed by atoms with Crippen LogP contribution in [0, 0.1) is 0 Å². The van der Waals surface area contributed by atoms with Gasteiger partial charge in [0.25, 0.3) is 0 Å². The molecule has 1 heterocycles. The summed E-state index contributed by atoms with van der Waals surface area (Å²) in [6.07, 6.45) is 1.32. The zero-order valence-electron chi connectivity index (χ0n) is 7.25. The molecule has 0 unspecified atom stereocenters. The van der Waals surface area contributed by atoms with Gasteiger partial charge in [0, 0.05) is 6.42 Å². The van der Waals surface area contributed by atoms with Gasteiger partial charge >= 0.3 is 0 Å². The highest BCUT2D eigenvalue weighted by Gasteiger charge is 2.17. The number of hydrogen-bond acceptors (Lipinski definition) is 3. The lowest BCUT2D eigenvalue weighted by molar-refractivity contribution is 0.0983. The Balaban J connectivity index is 2.54. The van der Waals surface area contributed by atoms with E-state index in [1.807, 2.05) is 0 Å². The summed E-state index contributed by atoms with van der Waals surface area (Å²) in [6.45, 7) is 0.576. The minimum absolute atomic E-state index is 0.125. The first-order valence-corrected chi connectivity index (χ1v) is 4.33. The van der Waals surface area contributed by atoms with Crippen LogP contribution in [-0.4, -0.2) is 12.4 Å². The van der Waals surface area contributed by atoms with Crippen LogP contribution in [-0.2, 0) is 0 Å². The molecular weight excluding hydrogens is 166 g/mol. The van der Waals surface area contributed by atoms with Crippen molar-refractivity contribution in [3.8, 4) is 5.75 Å². The summed E-state index contributed by atoms with van der Waals surface area (Å²) in [5.74, 6) is 0.685. The lowest BCUT2D eigenvalue weighted by atomic mass is 10.1. The van der Waals surface area contributed by atoms with Gasteiger partial charge in [0.15, 0.2) is 11.5 Å². The van der Waals surface area contributed by atoms with Crippen LogP contribution in [0.15, 0.2) is 18.2 Å². The number of para-hydroxylation sites is 1. The summed E-state index contributed by atoms with van der Waals surface area (Å²) < 4.78 is 5.40. The van der Waals surface area contributed by atoms with Crippen molar-refractivity contribution in [1.29, 1.82) is 0 Å². The van der Waals surface area contributed by atoms with Crippen molar-refractivity contribution in [2.24, 2.45) is 0 Å². The lowest BCUT2D eigenvalue weighted by Gasteiger charge is -2.07. The van der Waals surface area contributed by atoms with Gasteiger partial charge in [-0.15, -0.1) is 0 Å². The minimum Gasteiger partial charge on any atom is -0.491 e. The summed E-state index contributed by atoms with van der Waals surface area (Å²) in [5, 5.41) is 0. The fourth-order valence-electron chi connectivity index (χ4n) is 1.48. The molecule has 0 aliphatic carbocycles. The molecule has 0 atom stereocenters. The van der Waals surface area contributed by atoms with Gasteiger partial charge in [0.2, 0.25) is 0 Å². The Hall–Kier alpha value is -1.51. The highest BCUT2D eigenvalue weighted by atomic mass is 16.5. The molecule has 1 aliphatic rings. The van der Waals surface area contributed by atoms with E-state index in [4.69, 9.17) is 10.5 Å². The molecule has 0 fully saturated rings. The van der Waals surface area contributed by atoms with Crippen molar-refractivity contribution < 1.29 is 9.53 Å². The Morgan fingerprint density at radius 2 is 2.23 bits per heavy atom. The number of ether oxygens (including phenoxy) is 1. The Labute approximate surface area is 76.5 Å². The summed E-state index contributed by atoms with van der Waals surface area (Å²) in [4.78, 5) is 11.5. The predicted molar refractivity (Wildman–Crippen MR) is 49.9 cm³/mol. The van der Waals surface area contributed by atoms with E-state index in [0.717, 1.165) is 6.42 Å². The van der Waals surface area contributed by atoms with E-state index >= 15 is 0 Å². The second-order valence-corrected chi connectivity index (χ2v) is 3.10. The molecular formula is C10H11NO2. The van der Waals surface area contributed by atoms with Gasteiger partial charge in [-0.05, 0) is 18.6 Å². The maximum atomic E-state index is 11.5. The number of anilines is 1. The maximum absolute atomic E-state index is 11.5. The monoisotopic (exact) mass is 177 g/mol. The number of nitrogen functional groups attached to an aromatic ring is 1. The van der Waals surface area contributed by atoms with Gasteiger partial charge in [-0.25, -0.2) is 0 Å². The normalized spacial score (nSPS) is 15.8. The molecule has 0 aromatic heterocycles. The van der Waals surface area contributed by atoms with Gasteiger partial charge in [0.05, 0.1) is 17.9 Å². The SMILES string of the molecule is Nc1cccc2c1OCCCC2=O. The van der Waals surface area contributed by atoms with Crippen molar-refractivity contribution in [1.82, 2.24) is 0 Å². The zero-order chi connectivity index (χ0) is 9.26. The van der Waals surface area contributed by atoms with Crippen LogP contribution in [0.5, 0.6) is 5.75 Å². The molecule has 0 saturated heterocycles. The Bertz CT molecular complexity index is 347. The van der Waals surface area contributed by atoms with E-state index in [2.05, 4.69) is 0 Å². The molecule has 0 spiro atoms. The largest absolute Gasteiger partial charge is 0.491 e. The topological polar surface area (TPSA) is 52.3 Å². The Morgan fingerprint density at radius 1 is 1.38 bits per heavy atom. The lowest BCUT2D eigenvalue weighted by Crippen LogP contribution is -2.00. The van der Waals surface area contributed by atoms with Crippen molar-refractivity contribution in [3.63, 3.8) is 0 Å². The van der Waals surface area contributed by atoms with Crippen LogP contribution in [0.1, 0.15) is 23.2 Å². The van der Waals surface area contributed by atoms with Crippen molar-refractivity contribution in [2.45, 2.75) is 12.8 Å². The van der Waals surface area contributed by atoms with Gasteiger partial charge in [0.1, 0.15) is 0 Å². The number of carbonyl (C=O) groups is 1. The van der Waals surface area contributed by atoms with Gasteiger partial charge in [-0.2, -0.15) is 0 Å². The van der Waals surface area contributed by atoms with E-state index in [-0.39, 0.29) is 5.78 Å². The van der Waals surface area contributed by atoms with Gasteiger partial charge < -0.3 is 10.5 Å². The second kappa shape index (κ2) is 3.09. The molecule has 68 valence electrons. The number of hydrogen-bond donors (Lipinski definition) is 1. The number of carbonyl (C=O) groups excluding carboxylic acids is 1. The number of ketones is 1. The Kier molecular flexibility index (Phi) is 1.93. The Morgan fingerprint density at radius 3 is 3.08 bits per heavy atom. The average molecular weight is 177 g/mol. The highest BCUT2D eigenvalue weighted by molar-refractivity contribution is 6.00. The highest BCUT2D eigenvalue weighted by Crippen LogP contribution is 2.29. The molecule has 0 amide bonds. The summed E-state index contributed by atoms with van der Waals surface area (Å²) >= 11 is 0. The average Bonchev–Trinajstić information content (AvgIpc) is 2.30. The van der Waals surface area contributed by atoms with E-state index < -0.39 is 0 Å². The molecule has 3 nitrogen and oxygen atoms in total. The zero-order valence-corrected chi connectivity index (χ0v) is 7.25. The number of fused-ring (bicyclic) bond motifs is 1. The maximum Gasteiger partial charge on any atom is 0.166 e. The van der Waals surface area contributed by atoms with Crippen LogP contribution in [0.3, 0.4) is 0 Å². The fourth-order valence-corrected chi connectivity index (χ4v) is 1.48. The predicted octanol–water partition coefficient (Wildman–Crippen LogP) is 1.62. The van der Waals surface area contributed by atoms with Crippen molar-refractivity contribution in [2.75, 3.05) is 12.3 Å². The molecule has 1 aliphatic heterocycles. The third-order valence-electron chi connectivity index (χ3n) is 2.14. The molecule has 0 bridgehead atoms. The first-order chi connectivity index (χ1) is 6.29. The molecule has 2 N–H and O–H groups in total. The molecule has 0 radical (unpaired) electrons. The summed E-state index contributed by atoms with van der Waals surface area (Å²) in [5.41, 5.74) is 6.87. The van der Waals surface area contributed by atoms with Crippen molar-refractivity contribution in [3.05, 3.63) is 23.8 Å². The number of benzene rings is 1. The number of Topliss-reactive ketones (excluding diaryl/α,β-unsaturated/α-hetero) is 1. The van der Waals surface area contributed by atoms with Crippen molar-refractivity contribution >= 4 is 11.5 Å². The van der Waals surface area contributed by atoms with Crippen LogP contribution in [0.25, 0.3) is 0 Å². The molecule has 1 aromatic carbocycles. The number of rotatable bonds is 0. The quantitative estimate of drug-likeness (QED) is 0.613. The fraction of sp³-hybridized carbons (Fsp3) is 0.300. The summed E-state index contributed by atoms with van der Waals surface area (Å²) in [6, 6.07) is 5.29. The van der Waals surface area contributed by atoms with Crippen LogP contribution < -0.4 is 10.5 Å². The second-order valence-electron chi connectivity index (χ2n) is 3.10. The van der Waals surface area contributed by atoms with E-state index in [1.165, 1.54) is 0 Å². The van der Waals surface area contributed by atoms with E-state index in [0.29, 0.717) is 30.0 Å². The molecule has 0 saturated carbocycles. The molecule has 1 aromatic rings. The third kappa shape index (κ3) is 1.37. The van der Waals surface area contributed by atoms with E-state index in [9.17, 15) is 4.79 Å². The molecule has 13 heavy (non-hydrogen) atoms. The van der Waals surface area contributed by atoms with Gasteiger partial charge in [-0.1, -0.05) is 6.07 Å². The summed E-state index contributed by atoms with van der Waals surface area (Å²) in [7, 11) is 0. The minimum atomic E-state index is 0.125. The molecule has 3 heteroatoms.